The molecular formula is C26H31F2N9O2. The molecule has 0 spiro atoms. The van der Waals surface area contributed by atoms with Crippen LogP contribution < -0.4 is 16.0 Å². The van der Waals surface area contributed by atoms with Crippen LogP contribution in [0.4, 0.5) is 26.0 Å². The molecule has 6 heterocycles. The molecular weight excluding hydrogens is 508 g/mol. The highest BCUT2D eigenvalue weighted by molar-refractivity contribution is 6.12. The molecule has 206 valence electrons. The summed E-state index contributed by atoms with van der Waals surface area (Å²) in [7, 11) is 0. The van der Waals surface area contributed by atoms with Gasteiger partial charge in [0.25, 0.3) is 5.91 Å². The van der Waals surface area contributed by atoms with Gasteiger partial charge in [-0.25, -0.2) is 18.3 Å². The second-order valence-electron chi connectivity index (χ2n) is 10.5. The lowest BCUT2D eigenvalue weighted by atomic mass is 9.92. The van der Waals surface area contributed by atoms with E-state index < -0.39 is 17.5 Å². The smallest absolute Gasteiger partial charge is 0.263 e. The van der Waals surface area contributed by atoms with Crippen molar-refractivity contribution in [2.75, 3.05) is 55.2 Å². The zero-order valence-electron chi connectivity index (χ0n) is 21.5. The van der Waals surface area contributed by atoms with Crippen molar-refractivity contribution in [3.05, 3.63) is 42.0 Å². The number of amides is 2. The SMILES string of the molecule is Nc1nn2cc(F)cnc2c1C(=O)Nc1cncc(F)c1N1CCC(C(=O)N2CC(N3CCCCC3)C2)CC1. The van der Waals surface area contributed by atoms with E-state index in [0.717, 1.165) is 49.3 Å². The molecule has 0 bridgehead atoms. The van der Waals surface area contributed by atoms with Crippen molar-refractivity contribution < 1.29 is 18.4 Å². The fourth-order valence-corrected chi connectivity index (χ4v) is 5.93. The van der Waals surface area contributed by atoms with Gasteiger partial charge in [-0.1, -0.05) is 6.42 Å². The Bertz CT molecular complexity index is 1390. The first kappa shape index (κ1) is 25.4. The summed E-state index contributed by atoms with van der Waals surface area (Å²) in [5.74, 6) is -1.94. The summed E-state index contributed by atoms with van der Waals surface area (Å²) in [6.45, 7) is 4.76. The van der Waals surface area contributed by atoms with Crippen LogP contribution in [0.15, 0.2) is 24.8 Å². The highest BCUT2D eigenvalue weighted by Gasteiger charge is 2.39. The van der Waals surface area contributed by atoms with E-state index in [2.05, 4.69) is 25.3 Å². The first-order chi connectivity index (χ1) is 18.9. The molecule has 13 heteroatoms. The molecule has 0 aliphatic carbocycles. The van der Waals surface area contributed by atoms with Crippen molar-refractivity contribution in [1.82, 2.24) is 29.4 Å². The number of nitrogens with two attached hydrogens (primary N) is 1. The van der Waals surface area contributed by atoms with Gasteiger partial charge in [-0.05, 0) is 38.8 Å². The third-order valence-electron chi connectivity index (χ3n) is 8.06. The maximum atomic E-state index is 15.0. The summed E-state index contributed by atoms with van der Waals surface area (Å²) in [6.07, 6.45) is 9.43. The zero-order valence-corrected chi connectivity index (χ0v) is 21.5. The Morgan fingerprint density at radius 3 is 2.49 bits per heavy atom. The molecule has 6 rings (SSSR count). The standard InChI is InChI=1S/C26H31F2N9O2/c27-17-10-31-24-21(23(29)33-37(24)13-17)25(38)32-20-12-30-11-19(28)22(20)35-8-4-16(5-9-35)26(39)36-14-18(15-36)34-6-2-1-3-7-34/h10-13,16,18H,1-9,14-15H2,(H2,29,33)(H,32,38). The highest BCUT2D eigenvalue weighted by Crippen LogP contribution is 2.34. The molecule has 39 heavy (non-hydrogen) atoms. The van der Waals surface area contributed by atoms with Crippen LogP contribution in [0.3, 0.4) is 0 Å². The lowest BCUT2D eigenvalue weighted by Gasteiger charge is -2.48. The monoisotopic (exact) mass is 539 g/mol. The number of rotatable bonds is 5. The zero-order chi connectivity index (χ0) is 27.1. The Kier molecular flexibility index (Phi) is 6.75. The number of likely N-dealkylation sites (tertiary alicyclic amines) is 2. The second kappa shape index (κ2) is 10.4. The first-order valence-electron chi connectivity index (χ1n) is 13.4. The predicted octanol–water partition coefficient (Wildman–Crippen LogP) is 2.15. The van der Waals surface area contributed by atoms with Crippen molar-refractivity contribution >= 4 is 34.7 Å². The van der Waals surface area contributed by atoms with E-state index in [9.17, 15) is 14.0 Å². The number of fused-ring (bicyclic) bond motifs is 1. The summed E-state index contributed by atoms with van der Waals surface area (Å²) in [5, 5.41) is 6.62. The van der Waals surface area contributed by atoms with Gasteiger partial charge in [0.05, 0.1) is 30.5 Å². The molecule has 3 aromatic heterocycles. The number of nitrogens with one attached hydrogen (secondary N) is 1. The summed E-state index contributed by atoms with van der Waals surface area (Å²) < 4.78 is 29.6. The molecule has 0 radical (unpaired) electrons. The van der Waals surface area contributed by atoms with E-state index in [1.54, 1.807) is 0 Å². The maximum Gasteiger partial charge on any atom is 0.263 e. The summed E-state index contributed by atoms with van der Waals surface area (Å²) in [4.78, 5) is 40.4. The second-order valence-corrected chi connectivity index (χ2v) is 10.5. The van der Waals surface area contributed by atoms with Crippen LogP contribution in [0.2, 0.25) is 0 Å². The minimum Gasteiger partial charge on any atom is -0.381 e. The van der Waals surface area contributed by atoms with Crippen LogP contribution >= 0.6 is 0 Å². The van der Waals surface area contributed by atoms with E-state index in [0.29, 0.717) is 32.0 Å². The number of piperidine rings is 2. The van der Waals surface area contributed by atoms with Crippen molar-refractivity contribution in [2.45, 2.75) is 38.1 Å². The number of aromatic nitrogens is 4. The van der Waals surface area contributed by atoms with Gasteiger partial charge in [0, 0.05) is 38.1 Å². The molecule has 0 aromatic carbocycles. The lowest BCUT2D eigenvalue weighted by molar-refractivity contribution is -0.144. The van der Waals surface area contributed by atoms with Crippen LogP contribution in [-0.2, 0) is 4.79 Å². The summed E-state index contributed by atoms with van der Waals surface area (Å²) in [5.41, 5.74) is 6.30. The van der Waals surface area contributed by atoms with Gasteiger partial charge in [-0.2, -0.15) is 0 Å². The lowest BCUT2D eigenvalue weighted by Crippen LogP contribution is -2.63. The van der Waals surface area contributed by atoms with Crippen molar-refractivity contribution in [3.8, 4) is 0 Å². The highest BCUT2D eigenvalue weighted by atomic mass is 19.1. The molecule has 2 amide bonds. The Hall–Kier alpha value is -3.87. The van der Waals surface area contributed by atoms with E-state index >= 15 is 4.39 Å². The van der Waals surface area contributed by atoms with Gasteiger partial charge in [-0.15, -0.1) is 5.10 Å². The van der Waals surface area contributed by atoms with E-state index in [-0.39, 0.29) is 40.2 Å². The fourth-order valence-electron chi connectivity index (χ4n) is 5.93. The van der Waals surface area contributed by atoms with Crippen molar-refractivity contribution in [2.24, 2.45) is 5.92 Å². The average Bonchev–Trinajstić information content (AvgIpc) is 3.23. The van der Waals surface area contributed by atoms with E-state index in [1.807, 2.05) is 9.80 Å². The molecule has 3 aliphatic rings. The van der Waals surface area contributed by atoms with Crippen LogP contribution in [0, 0.1) is 17.6 Å². The minimum atomic E-state index is -0.665. The molecule has 0 unspecified atom stereocenters. The topological polar surface area (TPSA) is 125 Å². The number of carbonyl (C=O) groups excluding carboxylic acids is 2. The van der Waals surface area contributed by atoms with E-state index in [4.69, 9.17) is 5.73 Å². The third-order valence-corrected chi connectivity index (χ3v) is 8.06. The molecule has 3 saturated heterocycles. The molecule has 3 aromatic rings. The van der Waals surface area contributed by atoms with Crippen molar-refractivity contribution in [3.63, 3.8) is 0 Å². The Labute approximate surface area is 224 Å². The number of halogens is 2. The fraction of sp³-hybridized carbons (Fsp3) is 0.500. The number of hydrogen-bond acceptors (Lipinski definition) is 8. The first-order valence-corrected chi connectivity index (χ1v) is 13.4. The van der Waals surface area contributed by atoms with Gasteiger partial charge in [-0.3, -0.25) is 19.5 Å². The molecule has 3 N–H and O–H groups in total. The Balaban J connectivity index is 1.11. The number of nitrogen functional groups attached to an aromatic ring is 1. The van der Waals surface area contributed by atoms with Crippen LogP contribution in [-0.4, -0.2) is 86.5 Å². The number of anilines is 3. The Morgan fingerprint density at radius 1 is 1.00 bits per heavy atom. The summed E-state index contributed by atoms with van der Waals surface area (Å²) in [6, 6.07) is 0.475. The minimum absolute atomic E-state index is 0.0491. The maximum absolute atomic E-state index is 15.0. The molecule has 3 fully saturated rings. The van der Waals surface area contributed by atoms with Crippen LogP contribution in [0.25, 0.3) is 5.65 Å². The number of carbonyl (C=O) groups is 2. The summed E-state index contributed by atoms with van der Waals surface area (Å²) >= 11 is 0. The van der Waals surface area contributed by atoms with Gasteiger partial charge in [0.2, 0.25) is 5.91 Å². The van der Waals surface area contributed by atoms with Crippen LogP contribution in [0.1, 0.15) is 42.5 Å². The molecule has 11 nitrogen and oxygen atoms in total. The van der Waals surface area contributed by atoms with E-state index in [1.165, 1.54) is 25.5 Å². The molecule has 0 atom stereocenters. The number of pyridine rings is 1. The number of hydrogen-bond donors (Lipinski definition) is 2. The molecule has 3 aliphatic heterocycles. The average molecular weight is 540 g/mol. The van der Waals surface area contributed by atoms with Gasteiger partial charge in [0.1, 0.15) is 11.3 Å². The van der Waals surface area contributed by atoms with Gasteiger partial charge in [0.15, 0.2) is 23.1 Å². The van der Waals surface area contributed by atoms with Crippen molar-refractivity contribution in [1.29, 1.82) is 0 Å². The molecule has 0 saturated carbocycles. The third kappa shape index (κ3) is 4.86. The van der Waals surface area contributed by atoms with Crippen LogP contribution in [0.5, 0.6) is 0 Å². The van der Waals surface area contributed by atoms with Gasteiger partial charge < -0.3 is 20.9 Å². The quantitative estimate of drug-likeness (QED) is 0.506. The normalized spacial score (nSPS) is 19.3. The largest absolute Gasteiger partial charge is 0.381 e. The van der Waals surface area contributed by atoms with Gasteiger partial charge >= 0.3 is 0 Å². The number of nitrogens with zero attached hydrogens (tertiary/aromatic N) is 7. The predicted molar refractivity (Wildman–Crippen MR) is 140 cm³/mol. The Morgan fingerprint density at radius 2 is 1.74 bits per heavy atom.